The molecule has 2 atom stereocenters. The molecule has 3 N–H and O–H groups in total. The van der Waals surface area contributed by atoms with Crippen LogP contribution in [0, 0.1) is 0 Å². The number of hydrogen-bond donors (Lipinski definition) is 3. The third-order valence-corrected chi connectivity index (χ3v) is 3.21. The Bertz CT molecular complexity index is 384. The molecule has 1 heterocycles. The van der Waals surface area contributed by atoms with E-state index >= 15 is 0 Å². The van der Waals surface area contributed by atoms with Gasteiger partial charge in [-0.2, -0.15) is 0 Å². The molecule has 0 aliphatic carbocycles. The van der Waals surface area contributed by atoms with E-state index in [0.717, 1.165) is 12.8 Å². The van der Waals surface area contributed by atoms with Crippen molar-refractivity contribution in [3.63, 3.8) is 0 Å². The average Bonchev–Trinajstić information content (AvgIpc) is 2.37. The van der Waals surface area contributed by atoms with Crippen molar-refractivity contribution in [3.8, 4) is 0 Å². The Hall–Kier alpha value is -1.79. The van der Waals surface area contributed by atoms with Gasteiger partial charge in [-0.25, -0.2) is 9.59 Å². The number of rotatable bonds is 4. The van der Waals surface area contributed by atoms with Crippen LogP contribution < -0.4 is 10.6 Å². The van der Waals surface area contributed by atoms with Crippen molar-refractivity contribution in [1.82, 2.24) is 15.5 Å². The Morgan fingerprint density at radius 2 is 1.80 bits per heavy atom. The highest BCUT2D eigenvalue weighted by Gasteiger charge is 2.33. The summed E-state index contributed by atoms with van der Waals surface area (Å²) < 4.78 is 0. The van der Waals surface area contributed by atoms with E-state index in [2.05, 4.69) is 10.6 Å². The predicted molar refractivity (Wildman–Crippen MR) is 73.3 cm³/mol. The zero-order valence-corrected chi connectivity index (χ0v) is 12.2. The van der Waals surface area contributed by atoms with Crippen molar-refractivity contribution in [3.05, 3.63) is 0 Å². The summed E-state index contributed by atoms with van der Waals surface area (Å²) in [6.07, 6.45) is 2.03. The normalized spacial score (nSPS) is 20.4. The molecule has 0 aromatic heterocycles. The minimum absolute atomic E-state index is 0.0105. The highest BCUT2D eigenvalue weighted by Crippen LogP contribution is 2.17. The van der Waals surface area contributed by atoms with Gasteiger partial charge in [0.15, 0.2) is 0 Å². The van der Waals surface area contributed by atoms with Gasteiger partial charge in [-0.3, -0.25) is 4.79 Å². The fourth-order valence-electron chi connectivity index (χ4n) is 2.17. The van der Waals surface area contributed by atoms with Crippen molar-refractivity contribution in [2.45, 2.75) is 58.2 Å². The van der Waals surface area contributed by atoms with Gasteiger partial charge in [0.1, 0.15) is 12.1 Å². The molecule has 7 nitrogen and oxygen atoms in total. The molecule has 7 heteroatoms. The first-order chi connectivity index (χ1) is 9.32. The fraction of sp³-hybridized carbons (Fsp3) is 0.769. The Balaban J connectivity index is 2.60. The summed E-state index contributed by atoms with van der Waals surface area (Å²) in [7, 11) is 0. The molecule has 3 amide bonds. The number of carbonyl (C=O) groups is 3. The Kier molecular flexibility index (Phi) is 5.79. The maximum absolute atomic E-state index is 12.1. The van der Waals surface area contributed by atoms with E-state index in [0.29, 0.717) is 13.0 Å². The van der Waals surface area contributed by atoms with Crippen molar-refractivity contribution < 1.29 is 19.5 Å². The van der Waals surface area contributed by atoms with Gasteiger partial charge in [-0.05, 0) is 40.0 Å². The maximum Gasteiger partial charge on any atom is 0.326 e. The van der Waals surface area contributed by atoms with Crippen LogP contribution in [0.25, 0.3) is 0 Å². The standard InChI is InChI=1S/C13H23N3O4/c1-8(2)14-11(17)9(3)15-13(20)16-7-5-4-6-10(16)12(18)19/h8-10H,4-7H2,1-3H3,(H,14,17)(H,15,20)(H,18,19). The van der Waals surface area contributed by atoms with Crippen LogP contribution in [-0.2, 0) is 9.59 Å². The van der Waals surface area contributed by atoms with Gasteiger partial charge >= 0.3 is 12.0 Å². The summed E-state index contributed by atoms with van der Waals surface area (Å²) in [6.45, 7) is 5.64. The number of aliphatic carboxylic acids is 1. The molecule has 1 saturated heterocycles. The molecule has 1 aliphatic rings. The first kappa shape index (κ1) is 16.3. The number of likely N-dealkylation sites (tertiary alicyclic amines) is 1. The van der Waals surface area contributed by atoms with Crippen molar-refractivity contribution in [2.24, 2.45) is 0 Å². The van der Waals surface area contributed by atoms with E-state index in [-0.39, 0.29) is 11.9 Å². The summed E-state index contributed by atoms with van der Waals surface area (Å²) in [5.74, 6) is -1.28. The zero-order chi connectivity index (χ0) is 15.3. The number of amides is 3. The van der Waals surface area contributed by atoms with E-state index < -0.39 is 24.1 Å². The number of carbonyl (C=O) groups excluding carboxylic acids is 2. The molecule has 0 aromatic carbocycles. The third-order valence-electron chi connectivity index (χ3n) is 3.21. The SMILES string of the molecule is CC(C)NC(=O)C(C)NC(=O)N1CCCCC1C(=O)O. The van der Waals surface area contributed by atoms with Crippen molar-refractivity contribution >= 4 is 17.9 Å². The molecule has 0 aromatic rings. The molecule has 1 aliphatic heterocycles. The number of nitrogens with one attached hydrogen (secondary N) is 2. The van der Waals surface area contributed by atoms with Gasteiger partial charge in [-0.15, -0.1) is 0 Å². The first-order valence-electron chi connectivity index (χ1n) is 6.93. The van der Waals surface area contributed by atoms with Crippen LogP contribution in [0.3, 0.4) is 0 Å². The Morgan fingerprint density at radius 3 is 2.35 bits per heavy atom. The molecule has 1 fully saturated rings. The molecule has 0 spiro atoms. The van der Waals surface area contributed by atoms with Crippen LogP contribution in [-0.4, -0.2) is 52.6 Å². The largest absolute Gasteiger partial charge is 0.480 e. The number of nitrogens with zero attached hydrogens (tertiary/aromatic N) is 1. The Morgan fingerprint density at radius 1 is 1.15 bits per heavy atom. The monoisotopic (exact) mass is 285 g/mol. The molecule has 0 bridgehead atoms. The number of urea groups is 1. The summed E-state index contributed by atoms with van der Waals surface area (Å²) >= 11 is 0. The van der Waals surface area contributed by atoms with E-state index in [4.69, 9.17) is 5.11 Å². The molecular weight excluding hydrogens is 262 g/mol. The second kappa shape index (κ2) is 7.12. The van der Waals surface area contributed by atoms with Crippen LogP contribution in [0.2, 0.25) is 0 Å². The Labute approximate surface area is 118 Å². The summed E-state index contributed by atoms with van der Waals surface area (Å²) in [5.41, 5.74) is 0. The van der Waals surface area contributed by atoms with E-state index in [1.165, 1.54) is 4.90 Å². The summed E-state index contributed by atoms with van der Waals surface area (Å²) in [5, 5.41) is 14.4. The van der Waals surface area contributed by atoms with Gasteiger partial charge in [-0.1, -0.05) is 0 Å². The average molecular weight is 285 g/mol. The van der Waals surface area contributed by atoms with Crippen molar-refractivity contribution in [1.29, 1.82) is 0 Å². The number of piperidine rings is 1. The van der Waals surface area contributed by atoms with Gasteiger partial charge in [0.25, 0.3) is 0 Å². The smallest absolute Gasteiger partial charge is 0.326 e. The fourth-order valence-corrected chi connectivity index (χ4v) is 2.17. The summed E-state index contributed by atoms with van der Waals surface area (Å²) in [4.78, 5) is 36.2. The van der Waals surface area contributed by atoms with E-state index in [9.17, 15) is 14.4 Å². The maximum atomic E-state index is 12.1. The minimum Gasteiger partial charge on any atom is -0.480 e. The molecule has 1 rings (SSSR count). The first-order valence-corrected chi connectivity index (χ1v) is 6.93. The lowest BCUT2D eigenvalue weighted by Crippen LogP contribution is -2.56. The lowest BCUT2D eigenvalue weighted by atomic mass is 10.0. The highest BCUT2D eigenvalue weighted by atomic mass is 16.4. The van der Waals surface area contributed by atoms with Crippen LogP contribution in [0.4, 0.5) is 4.79 Å². The number of carboxylic acids is 1. The number of hydrogen-bond acceptors (Lipinski definition) is 3. The zero-order valence-electron chi connectivity index (χ0n) is 12.2. The predicted octanol–water partition coefficient (Wildman–Crippen LogP) is 0.548. The van der Waals surface area contributed by atoms with Gasteiger partial charge in [0.2, 0.25) is 5.91 Å². The molecule has 2 unspecified atom stereocenters. The van der Waals surface area contributed by atoms with Crippen LogP contribution in [0.5, 0.6) is 0 Å². The molecular formula is C13H23N3O4. The minimum atomic E-state index is -1.00. The lowest BCUT2D eigenvalue weighted by molar-refractivity contribution is -0.143. The second-order valence-electron chi connectivity index (χ2n) is 5.38. The van der Waals surface area contributed by atoms with Crippen molar-refractivity contribution in [2.75, 3.05) is 6.54 Å². The topological polar surface area (TPSA) is 98.7 Å². The second-order valence-corrected chi connectivity index (χ2v) is 5.38. The molecule has 20 heavy (non-hydrogen) atoms. The molecule has 0 saturated carbocycles. The number of carboxylic acid groups (broad SMARTS) is 1. The summed E-state index contributed by atoms with van der Waals surface area (Å²) in [6, 6.07) is -2.00. The molecule has 0 radical (unpaired) electrons. The third kappa shape index (κ3) is 4.40. The van der Waals surface area contributed by atoms with Crippen LogP contribution in [0.15, 0.2) is 0 Å². The van der Waals surface area contributed by atoms with Gasteiger partial charge in [0, 0.05) is 12.6 Å². The van der Waals surface area contributed by atoms with Gasteiger partial charge < -0.3 is 20.6 Å². The van der Waals surface area contributed by atoms with E-state index in [1.54, 1.807) is 6.92 Å². The van der Waals surface area contributed by atoms with Crippen LogP contribution >= 0.6 is 0 Å². The quantitative estimate of drug-likeness (QED) is 0.702. The van der Waals surface area contributed by atoms with Gasteiger partial charge in [0.05, 0.1) is 0 Å². The molecule has 114 valence electrons. The van der Waals surface area contributed by atoms with E-state index in [1.807, 2.05) is 13.8 Å². The highest BCUT2D eigenvalue weighted by molar-refractivity contribution is 5.88. The lowest BCUT2D eigenvalue weighted by Gasteiger charge is -2.33. The van der Waals surface area contributed by atoms with Crippen LogP contribution in [0.1, 0.15) is 40.0 Å².